The van der Waals surface area contributed by atoms with Crippen molar-refractivity contribution >= 4 is 35.7 Å². The molecule has 0 radical (unpaired) electrons. The molecule has 32 heavy (non-hydrogen) atoms. The Morgan fingerprint density at radius 2 is 1.03 bits per heavy atom. The Labute approximate surface area is 194 Å². The fraction of sp³-hybridized carbons (Fsp3) is 0.357. The van der Waals surface area contributed by atoms with Crippen LogP contribution in [0.5, 0.6) is 0 Å². The molecule has 0 spiro atoms. The van der Waals surface area contributed by atoms with Gasteiger partial charge in [0.15, 0.2) is 0 Å². The van der Waals surface area contributed by atoms with Crippen LogP contribution >= 0.6 is 0 Å². The lowest BCUT2D eigenvalue weighted by molar-refractivity contribution is 0.00578. The summed E-state index contributed by atoms with van der Waals surface area (Å²) < 4.78 is 12.7. The van der Waals surface area contributed by atoms with Crippen LogP contribution in [0, 0.1) is 27.7 Å². The van der Waals surface area contributed by atoms with E-state index in [0.717, 1.165) is 5.46 Å². The van der Waals surface area contributed by atoms with E-state index >= 15 is 0 Å². The van der Waals surface area contributed by atoms with Gasteiger partial charge >= 0.3 is 7.12 Å². The number of aryl methyl sites for hydroxylation is 4. The molecule has 0 amide bonds. The molecular formula is C28H34B2O2. The highest BCUT2D eigenvalue weighted by atomic mass is 16.7. The van der Waals surface area contributed by atoms with E-state index in [4.69, 9.17) is 9.31 Å². The van der Waals surface area contributed by atoms with Gasteiger partial charge in [0.05, 0.1) is 11.2 Å². The van der Waals surface area contributed by atoms with Crippen LogP contribution in [-0.4, -0.2) is 25.0 Å². The smallest absolute Gasteiger partial charge is 0.399 e. The monoisotopic (exact) mass is 424 g/mol. The molecule has 0 bridgehead atoms. The third-order valence-corrected chi connectivity index (χ3v) is 7.43. The normalized spacial score (nSPS) is 16.9. The molecule has 3 aromatic rings. The van der Waals surface area contributed by atoms with Crippen LogP contribution in [-0.2, 0) is 9.31 Å². The maximum Gasteiger partial charge on any atom is 0.494 e. The van der Waals surface area contributed by atoms with Crippen LogP contribution in [0.1, 0.15) is 49.9 Å². The van der Waals surface area contributed by atoms with Gasteiger partial charge in [0, 0.05) is 0 Å². The molecule has 4 heteroatoms. The highest BCUT2D eigenvalue weighted by molar-refractivity contribution is 6.96. The molecule has 3 aromatic carbocycles. The van der Waals surface area contributed by atoms with Crippen LogP contribution in [0.25, 0.3) is 0 Å². The Balaban J connectivity index is 1.88. The van der Waals surface area contributed by atoms with Gasteiger partial charge in [0.2, 0.25) is 6.71 Å². The van der Waals surface area contributed by atoms with E-state index in [1.807, 2.05) is 0 Å². The van der Waals surface area contributed by atoms with Crippen LogP contribution in [0.4, 0.5) is 0 Å². The second kappa shape index (κ2) is 8.24. The average Bonchev–Trinajstić information content (AvgIpc) is 2.93. The van der Waals surface area contributed by atoms with E-state index in [-0.39, 0.29) is 25.0 Å². The van der Waals surface area contributed by atoms with E-state index in [9.17, 15) is 0 Å². The first-order chi connectivity index (χ1) is 15.0. The van der Waals surface area contributed by atoms with E-state index in [0.29, 0.717) is 0 Å². The third-order valence-electron chi connectivity index (χ3n) is 7.43. The molecule has 0 saturated carbocycles. The molecule has 164 valence electrons. The molecule has 1 aliphatic rings. The summed E-state index contributed by atoms with van der Waals surface area (Å²) in [6.45, 7) is 17.5. The minimum Gasteiger partial charge on any atom is -0.399 e. The maximum atomic E-state index is 6.37. The predicted octanol–water partition coefficient (Wildman–Crippen LogP) is 3.74. The predicted molar refractivity (Wildman–Crippen MR) is 139 cm³/mol. The van der Waals surface area contributed by atoms with Gasteiger partial charge < -0.3 is 9.31 Å². The van der Waals surface area contributed by atoms with Crippen LogP contribution in [0.2, 0.25) is 0 Å². The Kier molecular flexibility index (Phi) is 5.90. The Bertz CT molecular complexity index is 1040. The molecule has 0 unspecified atom stereocenters. The van der Waals surface area contributed by atoms with Crippen LogP contribution < -0.4 is 21.9 Å². The zero-order valence-corrected chi connectivity index (χ0v) is 20.7. The average molecular weight is 424 g/mol. The standard InChI is InChI=1S/C28H34B2O2/c1-19-12-9-13-20(2)25(19)29(26-21(3)14-10-15-22(26)4)23-16-11-17-24(18-23)30-31-27(5,6)28(7,8)32-30/h9-18H,1-8H3. The topological polar surface area (TPSA) is 18.5 Å². The fourth-order valence-electron chi connectivity index (χ4n) is 4.91. The largest absolute Gasteiger partial charge is 0.494 e. The lowest BCUT2D eigenvalue weighted by atomic mass is 9.34. The summed E-state index contributed by atoms with van der Waals surface area (Å²) in [5, 5.41) is 0. The van der Waals surface area contributed by atoms with Gasteiger partial charge in [-0.2, -0.15) is 0 Å². The Morgan fingerprint density at radius 3 is 1.47 bits per heavy atom. The summed E-state index contributed by atoms with van der Waals surface area (Å²) in [7, 11) is -0.364. The molecule has 1 saturated heterocycles. The van der Waals surface area contributed by atoms with Gasteiger partial charge in [-0.1, -0.05) is 99.3 Å². The van der Waals surface area contributed by atoms with Crippen molar-refractivity contribution in [3.63, 3.8) is 0 Å². The van der Waals surface area contributed by atoms with E-state index in [1.165, 1.54) is 38.6 Å². The van der Waals surface area contributed by atoms with Crippen LogP contribution in [0.15, 0.2) is 60.7 Å². The minimum atomic E-state index is -0.364. The lowest BCUT2D eigenvalue weighted by Gasteiger charge is -2.32. The summed E-state index contributed by atoms with van der Waals surface area (Å²) in [5.41, 5.74) is 9.68. The summed E-state index contributed by atoms with van der Waals surface area (Å²) in [4.78, 5) is 0. The van der Waals surface area contributed by atoms with Crippen molar-refractivity contribution in [3.8, 4) is 0 Å². The van der Waals surface area contributed by atoms with Crippen molar-refractivity contribution in [2.45, 2.75) is 66.6 Å². The second-order valence-corrected chi connectivity index (χ2v) is 10.3. The summed E-state index contributed by atoms with van der Waals surface area (Å²) >= 11 is 0. The van der Waals surface area contributed by atoms with Crippen molar-refractivity contribution < 1.29 is 9.31 Å². The molecule has 1 aliphatic heterocycles. The molecular weight excluding hydrogens is 390 g/mol. The fourth-order valence-corrected chi connectivity index (χ4v) is 4.91. The summed E-state index contributed by atoms with van der Waals surface area (Å²) in [5.74, 6) is 0. The molecule has 0 atom stereocenters. The van der Waals surface area contributed by atoms with E-state index in [2.05, 4.69) is 116 Å². The highest BCUT2D eigenvalue weighted by Crippen LogP contribution is 2.36. The first kappa shape index (κ1) is 22.9. The number of hydrogen-bond acceptors (Lipinski definition) is 2. The third kappa shape index (κ3) is 3.95. The summed E-state index contributed by atoms with van der Waals surface area (Å²) in [6, 6.07) is 22.0. The van der Waals surface area contributed by atoms with Crippen LogP contribution in [0.3, 0.4) is 0 Å². The highest BCUT2D eigenvalue weighted by Gasteiger charge is 2.51. The van der Waals surface area contributed by atoms with Crippen molar-refractivity contribution in [3.05, 3.63) is 82.9 Å². The van der Waals surface area contributed by atoms with Gasteiger partial charge in [-0.3, -0.25) is 0 Å². The quantitative estimate of drug-likeness (QED) is 0.595. The van der Waals surface area contributed by atoms with Gasteiger partial charge in [0.1, 0.15) is 0 Å². The summed E-state index contributed by atoms with van der Waals surface area (Å²) in [6.07, 6.45) is 0. The SMILES string of the molecule is Cc1cccc(C)c1B(c1cccc(B2OC(C)(C)C(C)(C)O2)c1)c1c(C)cccc1C. The molecule has 1 fully saturated rings. The zero-order valence-electron chi connectivity index (χ0n) is 20.7. The van der Waals surface area contributed by atoms with E-state index < -0.39 is 0 Å². The second-order valence-electron chi connectivity index (χ2n) is 10.3. The molecule has 0 aliphatic carbocycles. The molecule has 2 nitrogen and oxygen atoms in total. The number of benzene rings is 3. The first-order valence-corrected chi connectivity index (χ1v) is 11.6. The molecule has 1 heterocycles. The van der Waals surface area contributed by atoms with Gasteiger partial charge in [-0.05, 0) is 60.9 Å². The number of rotatable bonds is 4. The Morgan fingerprint density at radius 1 is 0.625 bits per heavy atom. The van der Waals surface area contributed by atoms with Gasteiger partial charge in [0.25, 0.3) is 0 Å². The van der Waals surface area contributed by atoms with Gasteiger partial charge in [-0.15, -0.1) is 0 Å². The van der Waals surface area contributed by atoms with Crippen molar-refractivity contribution in [1.29, 1.82) is 0 Å². The molecule has 4 rings (SSSR count). The first-order valence-electron chi connectivity index (χ1n) is 11.6. The van der Waals surface area contributed by atoms with Gasteiger partial charge in [-0.25, -0.2) is 0 Å². The van der Waals surface area contributed by atoms with Crippen molar-refractivity contribution in [2.24, 2.45) is 0 Å². The maximum absolute atomic E-state index is 6.37. The zero-order chi connectivity index (χ0) is 23.3. The molecule has 0 N–H and O–H groups in total. The number of hydrogen-bond donors (Lipinski definition) is 0. The lowest BCUT2D eigenvalue weighted by Crippen LogP contribution is -2.56. The van der Waals surface area contributed by atoms with Crippen molar-refractivity contribution in [1.82, 2.24) is 0 Å². The minimum absolute atomic E-state index is 0.153. The molecule has 0 aromatic heterocycles. The van der Waals surface area contributed by atoms with Crippen molar-refractivity contribution in [2.75, 3.05) is 0 Å². The van der Waals surface area contributed by atoms with E-state index in [1.54, 1.807) is 0 Å². The Hall–Kier alpha value is -2.29.